The molecule has 2 aromatic carbocycles. The van der Waals surface area contributed by atoms with Crippen molar-refractivity contribution in [2.45, 2.75) is 20.0 Å². The maximum absolute atomic E-state index is 13.5. The number of nitrogens with zero attached hydrogens (tertiary/aromatic N) is 1. The monoisotopic (exact) mass is 289 g/mol. The van der Waals surface area contributed by atoms with Crippen LogP contribution in [0.4, 0.5) is 4.39 Å². The normalized spacial score (nSPS) is 10.4. The molecule has 4 heteroatoms. The number of hydrogen-bond donors (Lipinski definition) is 0. The molecule has 0 radical (unpaired) electrons. The maximum Gasteiger partial charge on any atom is 0.142 e. The van der Waals surface area contributed by atoms with Crippen molar-refractivity contribution in [2.24, 2.45) is 0 Å². The highest BCUT2D eigenvalue weighted by Gasteiger charge is 2.09. The van der Waals surface area contributed by atoms with Crippen molar-refractivity contribution in [2.75, 3.05) is 0 Å². The van der Waals surface area contributed by atoms with Gasteiger partial charge in [0.2, 0.25) is 0 Å². The predicted molar refractivity (Wildman–Crippen MR) is 77.3 cm³/mol. The Morgan fingerprint density at radius 2 is 1.80 bits per heavy atom. The van der Waals surface area contributed by atoms with E-state index in [2.05, 4.69) is 6.07 Å². The van der Waals surface area contributed by atoms with Gasteiger partial charge in [-0.25, -0.2) is 4.39 Å². The van der Waals surface area contributed by atoms with E-state index in [1.807, 2.05) is 13.8 Å². The lowest BCUT2D eigenvalue weighted by molar-refractivity contribution is 0.242. The summed E-state index contributed by atoms with van der Waals surface area (Å²) in [5.74, 6) is 0.0471. The van der Waals surface area contributed by atoms with Crippen LogP contribution >= 0.6 is 11.6 Å². The molecule has 2 nitrogen and oxygen atoms in total. The second-order valence-electron chi connectivity index (χ2n) is 4.62. The summed E-state index contributed by atoms with van der Waals surface area (Å²) in [4.78, 5) is 0. The predicted octanol–water partition coefficient (Wildman–Crippen LogP) is 4.80. The highest BCUT2D eigenvalue weighted by atomic mass is 35.5. The maximum atomic E-state index is 13.5. The number of nitriles is 1. The third kappa shape index (κ3) is 3.09. The van der Waals surface area contributed by atoms with E-state index in [1.54, 1.807) is 24.3 Å². The van der Waals surface area contributed by atoms with Gasteiger partial charge in [-0.15, -0.1) is 0 Å². The third-order valence-corrected chi connectivity index (χ3v) is 3.02. The minimum atomic E-state index is -0.481. The summed E-state index contributed by atoms with van der Waals surface area (Å²) in [6.45, 7) is 3.78. The zero-order valence-electron chi connectivity index (χ0n) is 11.2. The van der Waals surface area contributed by atoms with Gasteiger partial charge in [-0.2, -0.15) is 5.26 Å². The van der Waals surface area contributed by atoms with Crippen molar-refractivity contribution in [3.63, 3.8) is 0 Å². The molecule has 0 aliphatic carbocycles. The summed E-state index contributed by atoms with van der Waals surface area (Å²) >= 11 is 5.66. The molecule has 0 heterocycles. The molecule has 2 rings (SSSR count). The number of rotatable bonds is 3. The van der Waals surface area contributed by atoms with Crippen LogP contribution in [0.3, 0.4) is 0 Å². The molecule has 102 valence electrons. The van der Waals surface area contributed by atoms with E-state index in [4.69, 9.17) is 16.3 Å². The second-order valence-corrected chi connectivity index (χ2v) is 5.03. The standard InChI is InChI=1S/C16H13ClFNO/c1-10(2)20-16-6-4-11(7-13(16)9-19)12-3-5-14(17)15(18)8-12/h3-8,10H,1-2H3. The molecule has 0 saturated heterocycles. The zero-order valence-corrected chi connectivity index (χ0v) is 11.9. The molecule has 0 spiro atoms. The molecule has 0 N–H and O–H groups in total. The van der Waals surface area contributed by atoms with Gasteiger partial charge >= 0.3 is 0 Å². The summed E-state index contributed by atoms with van der Waals surface area (Å²) in [6.07, 6.45) is -0.0130. The Morgan fingerprint density at radius 3 is 2.40 bits per heavy atom. The van der Waals surface area contributed by atoms with Crippen molar-refractivity contribution in [1.29, 1.82) is 5.26 Å². The average molecular weight is 290 g/mol. The Bertz CT molecular complexity index is 677. The van der Waals surface area contributed by atoms with Crippen molar-refractivity contribution in [3.8, 4) is 22.9 Å². The fourth-order valence-corrected chi connectivity index (χ4v) is 1.95. The first-order chi connectivity index (χ1) is 9.51. The minimum absolute atomic E-state index is 0.0130. The van der Waals surface area contributed by atoms with Crippen LogP contribution in [0.2, 0.25) is 5.02 Å². The number of halogens is 2. The molecule has 0 fully saturated rings. The second kappa shape index (κ2) is 5.94. The van der Waals surface area contributed by atoms with Crippen LogP contribution in [0, 0.1) is 17.1 Å². The third-order valence-electron chi connectivity index (χ3n) is 2.72. The first-order valence-electron chi connectivity index (χ1n) is 6.17. The van der Waals surface area contributed by atoms with Gasteiger partial charge in [-0.1, -0.05) is 23.7 Å². The van der Waals surface area contributed by atoms with Gasteiger partial charge in [-0.05, 0) is 49.2 Å². The van der Waals surface area contributed by atoms with Gasteiger partial charge in [-0.3, -0.25) is 0 Å². The fourth-order valence-electron chi connectivity index (χ4n) is 1.83. The first kappa shape index (κ1) is 14.4. The number of benzene rings is 2. The summed E-state index contributed by atoms with van der Waals surface area (Å²) in [5, 5.41) is 9.25. The average Bonchev–Trinajstić information content (AvgIpc) is 2.42. The molecule has 2 aromatic rings. The van der Waals surface area contributed by atoms with E-state index in [1.165, 1.54) is 12.1 Å². The summed E-state index contributed by atoms with van der Waals surface area (Å²) < 4.78 is 19.0. The van der Waals surface area contributed by atoms with Crippen LogP contribution in [0.5, 0.6) is 5.75 Å². The van der Waals surface area contributed by atoms with E-state index in [9.17, 15) is 9.65 Å². The van der Waals surface area contributed by atoms with Crippen LogP contribution in [0.1, 0.15) is 19.4 Å². The van der Waals surface area contributed by atoms with E-state index in [-0.39, 0.29) is 11.1 Å². The lowest BCUT2D eigenvalue weighted by Crippen LogP contribution is -2.06. The van der Waals surface area contributed by atoms with Gasteiger partial charge in [0.05, 0.1) is 16.7 Å². The van der Waals surface area contributed by atoms with Crippen LogP contribution in [-0.2, 0) is 0 Å². The summed E-state index contributed by atoms with van der Waals surface area (Å²) in [6, 6.07) is 11.8. The fraction of sp³-hybridized carbons (Fsp3) is 0.188. The van der Waals surface area contributed by atoms with Crippen molar-refractivity contribution in [1.82, 2.24) is 0 Å². The molecule has 0 amide bonds. The largest absolute Gasteiger partial charge is 0.490 e. The van der Waals surface area contributed by atoms with Gasteiger partial charge in [0.1, 0.15) is 17.6 Å². The molecule has 0 aliphatic heterocycles. The molecular weight excluding hydrogens is 277 g/mol. The minimum Gasteiger partial charge on any atom is -0.490 e. The lowest BCUT2D eigenvalue weighted by atomic mass is 10.0. The van der Waals surface area contributed by atoms with Crippen LogP contribution in [0.25, 0.3) is 11.1 Å². The molecule has 0 atom stereocenters. The van der Waals surface area contributed by atoms with E-state index in [0.29, 0.717) is 16.9 Å². The van der Waals surface area contributed by atoms with Crippen LogP contribution in [-0.4, -0.2) is 6.10 Å². The first-order valence-corrected chi connectivity index (χ1v) is 6.55. The van der Waals surface area contributed by atoms with Crippen LogP contribution in [0.15, 0.2) is 36.4 Å². The molecule has 20 heavy (non-hydrogen) atoms. The Labute approximate surface area is 122 Å². The highest BCUT2D eigenvalue weighted by molar-refractivity contribution is 6.30. The highest BCUT2D eigenvalue weighted by Crippen LogP contribution is 2.29. The lowest BCUT2D eigenvalue weighted by Gasteiger charge is -2.12. The number of hydrogen-bond acceptors (Lipinski definition) is 2. The molecule has 0 saturated carbocycles. The van der Waals surface area contributed by atoms with E-state index < -0.39 is 5.82 Å². The molecule has 0 unspecified atom stereocenters. The molecular formula is C16H13ClFNO. The Morgan fingerprint density at radius 1 is 1.15 bits per heavy atom. The SMILES string of the molecule is CC(C)Oc1ccc(-c2ccc(Cl)c(F)c2)cc1C#N. The topological polar surface area (TPSA) is 33.0 Å². The smallest absolute Gasteiger partial charge is 0.142 e. The zero-order chi connectivity index (χ0) is 14.7. The molecule has 0 bridgehead atoms. The van der Waals surface area contributed by atoms with Crippen molar-refractivity contribution < 1.29 is 9.13 Å². The van der Waals surface area contributed by atoms with E-state index in [0.717, 1.165) is 5.56 Å². The quantitative estimate of drug-likeness (QED) is 0.812. The molecule has 0 aromatic heterocycles. The van der Waals surface area contributed by atoms with Crippen molar-refractivity contribution >= 4 is 11.6 Å². The Hall–Kier alpha value is -2.05. The summed E-state index contributed by atoms with van der Waals surface area (Å²) in [5.41, 5.74) is 1.83. The molecule has 0 aliphatic rings. The van der Waals surface area contributed by atoms with Gasteiger partial charge in [0.25, 0.3) is 0 Å². The van der Waals surface area contributed by atoms with Crippen molar-refractivity contribution in [3.05, 3.63) is 52.8 Å². The Kier molecular flexibility index (Phi) is 4.26. The number of ether oxygens (including phenoxy) is 1. The Balaban J connectivity index is 2.43. The van der Waals surface area contributed by atoms with Gasteiger partial charge in [0, 0.05) is 0 Å². The summed E-state index contributed by atoms with van der Waals surface area (Å²) in [7, 11) is 0. The van der Waals surface area contributed by atoms with Crippen LogP contribution < -0.4 is 4.74 Å². The van der Waals surface area contributed by atoms with E-state index >= 15 is 0 Å². The van der Waals surface area contributed by atoms with Gasteiger partial charge in [0.15, 0.2) is 0 Å². The van der Waals surface area contributed by atoms with Gasteiger partial charge < -0.3 is 4.74 Å².